The van der Waals surface area contributed by atoms with Crippen LogP contribution < -0.4 is 5.32 Å². The number of aromatic hydroxyl groups is 1. The van der Waals surface area contributed by atoms with Crippen LogP contribution in [0.25, 0.3) is 0 Å². The minimum absolute atomic E-state index is 0. The zero-order chi connectivity index (χ0) is 18.4. The number of nitrogens with one attached hydrogen (secondary N) is 1. The Bertz CT molecular complexity index is 747. The summed E-state index contributed by atoms with van der Waals surface area (Å²) in [5.41, 5.74) is 3.04. The van der Waals surface area contributed by atoms with Gasteiger partial charge in [0.15, 0.2) is 5.75 Å². The lowest BCUT2D eigenvalue weighted by Crippen LogP contribution is -2.29. The molecule has 1 heterocycles. The Labute approximate surface area is 165 Å². The summed E-state index contributed by atoms with van der Waals surface area (Å²) < 4.78 is 0. The second-order valence-electron chi connectivity index (χ2n) is 6.84. The lowest BCUT2D eigenvalue weighted by Gasteiger charge is -2.26. The van der Waals surface area contributed by atoms with Gasteiger partial charge < -0.3 is 10.4 Å². The second kappa shape index (κ2) is 10.3. The minimum Gasteiger partial charge on any atom is -0.502 e. The molecule has 27 heavy (non-hydrogen) atoms. The fraction of sp³-hybridized carbons (Fsp3) is 0.400. The van der Waals surface area contributed by atoms with Crippen molar-refractivity contribution in [3.8, 4) is 5.75 Å². The van der Waals surface area contributed by atoms with Gasteiger partial charge in [0.05, 0.1) is 4.92 Å². The van der Waals surface area contributed by atoms with Crippen LogP contribution in [0.15, 0.2) is 42.5 Å². The van der Waals surface area contributed by atoms with Gasteiger partial charge in [0, 0.05) is 25.7 Å². The van der Waals surface area contributed by atoms with Gasteiger partial charge in [-0.15, -0.1) is 12.4 Å². The van der Waals surface area contributed by atoms with E-state index in [1.54, 1.807) is 6.07 Å². The SMILES string of the molecule is Cl.O=[N+]([O-])c1cc(CNCc2ccc(CN3CCCCC3)cc2)ccc1O. The molecule has 1 fully saturated rings. The van der Waals surface area contributed by atoms with Crippen LogP contribution in [0.3, 0.4) is 0 Å². The van der Waals surface area contributed by atoms with Crippen molar-refractivity contribution in [2.75, 3.05) is 13.1 Å². The molecule has 0 saturated carbocycles. The highest BCUT2D eigenvalue weighted by Crippen LogP contribution is 2.26. The lowest BCUT2D eigenvalue weighted by molar-refractivity contribution is -0.385. The first-order valence-electron chi connectivity index (χ1n) is 9.09. The molecule has 2 aromatic rings. The molecule has 0 bridgehead atoms. The summed E-state index contributed by atoms with van der Waals surface area (Å²) in [7, 11) is 0. The van der Waals surface area contributed by atoms with Gasteiger partial charge >= 0.3 is 5.69 Å². The Morgan fingerprint density at radius 3 is 2.22 bits per heavy atom. The third-order valence-electron chi connectivity index (χ3n) is 4.77. The van der Waals surface area contributed by atoms with Crippen molar-refractivity contribution in [1.82, 2.24) is 10.2 Å². The average molecular weight is 392 g/mol. The fourth-order valence-corrected chi connectivity index (χ4v) is 3.31. The molecule has 0 spiro atoms. The molecular formula is C20H26ClN3O3. The summed E-state index contributed by atoms with van der Waals surface area (Å²) in [6.07, 6.45) is 3.96. The number of hydrogen-bond acceptors (Lipinski definition) is 5. The molecule has 0 atom stereocenters. The third kappa shape index (κ3) is 6.20. The second-order valence-corrected chi connectivity index (χ2v) is 6.84. The molecule has 3 rings (SSSR count). The topological polar surface area (TPSA) is 78.6 Å². The Kier molecular flexibility index (Phi) is 8.03. The number of likely N-dealkylation sites (tertiary alicyclic amines) is 1. The molecular weight excluding hydrogens is 366 g/mol. The van der Waals surface area contributed by atoms with Gasteiger partial charge in [-0.1, -0.05) is 36.8 Å². The van der Waals surface area contributed by atoms with Crippen molar-refractivity contribution in [2.24, 2.45) is 0 Å². The van der Waals surface area contributed by atoms with E-state index in [-0.39, 0.29) is 23.8 Å². The molecule has 0 aromatic heterocycles. The van der Waals surface area contributed by atoms with Crippen LogP contribution in [0.1, 0.15) is 36.0 Å². The number of nitro groups is 1. The molecule has 2 N–H and O–H groups in total. The summed E-state index contributed by atoms with van der Waals surface area (Å²) in [5, 5.41) is 23.6. The number of rotatable bonds is 7. The van der Waals surface area contributed by atoms with Crippen molar-refractivity contribution in [2.45, 2.75) is 38.9 Å². The highest BCUT2D eigenvalue weighted by Gasteiger charge is 2.13. The Balaban J connectivity index is 0.00000261. The van der Waals surface area contributed by atoms with Gasteiger partial charge in [0.2, 0.25) is 0 Å². The minimum atomic E-state index is -0.570. The molecule has 1 saturated heterocycles. The number of phenols is 1. The van der Waals surface area contributed by atoms with E-state index in [0.717, 1.165) is 12.1 Å². The quantitative estimate of drug-likeness (QED) is 0.551. The Morgan fingerprint density at radius 1 is 0.963 bits per heavy atom. The van der Waals surface area contributed by atoms with Crippen molar-refractivity contribution in [3.63, 3.8) is 0 Å². The number of benzene rings is 2. The van der Waals surface area contributed by atoms with Crippen LogP contribution in [0, 0.1) is 10.1 Å². The molecule has 0 amide bonds. The highest BCUT2D eigenvalue weighted by molar-refractivity contribution is 5.85. The van der Waals surface area contributed by atoms with Crippen molar-refractivity contribution < 1.29 is 10.0 Å². The predicted octanol–water partition coefficient (Wildman–Crippen LogP) is 4.00. The van der Waals surface area contributed by atoms with E-state index in [1.165, 1.54) is 55.6 Å². The van der Waals surface area contributed by atoms with E-state index in [1.807, 2.05) is 0 Å². The largest absolute Gasteiger partial charge is 0.502 e. The highest BCUT2D eigenvalue weighted by atomic mass is 35.5. The van der Waals surface area contributed by atoms with Crippen LogP contribution in [-0.4, -0.2) is 28.0 Å². The van der Waals surface area contributed by atoms with Crippen molar-refractivity contribution >= 4 is 18.1 Å². The van der Waals surface area contributed by atoms with Gasteiger partial charge in [0.1, 0.15) is 0 Å². The monoisotopic (exact) mass is 391 g/mol. The van der Waals surface area contributed by atoms with E-state index in [0.29, 0.717) is 13.1 Å². The molecule has 2 aromatic carbocycles. The van der Waals surface area contributed by atoms with Gasteiger partial charge in [-0.05, 0) is 48.7 Å². The zero-order valence-electron chi connectivity index (χ0n) is 15.3. The smallest absolute Gasteiger partial charge is 0.311 e. The van der Waals surface area contributed by atoms with Gasteiger partial charge in [-0.2, -0.15) is 0 Å². The molecule has 0 aliphatic carbocycles. The fourth-order valence-electron chi connectivity index (χ4n) is 3.31. The maximum absolute atomic E-state index is 10.9. The van der Waals surface area contributed by atoms with Crippen LogP contribution >= 0.6 is 12.4 Å². The van der Waals surface area contributed by atoms with Gasteiger partial charge in [-0.3, -0.25) is 15.0 Å². The van der Waals surface area contributed by atoms with Crippen molar-refractivity contribution in [1.29, 1.82) is 0 Å². The summed E-state index contributed by atoms with van der Waals surface area (Å²) in [5.74, 6) is -0.303. The first-order valence-corrected chi connectivity index (χ1v) is 9.09. The normalized spacial score (nSPS) is 14.5. The summed E-state index contributed by atoms with van der Waals surface area (Å²) in [4.78, 5) is 12.8. The van der Waals surface area contributed by atoms with Crippen molar-refractivity contribution in [3.05, 3.63) is 69.3 Å². The lowest BCUT2D eigenvalue weighted by atomic mass is 10.1. The predicted molar refractivity (Wildman–Crippen MR) is 108 cm³/mol. The average Bonchev–Trinajstić information content (AvgIpc) is 2.65. The van der Waals surface area contributed by atoms with Gasteiger partial charge in [0.25, 0.3) is 0 Å². The van der Waals surface area contributed by atoms with Crippen LogP contribution in [0.5, 0.6) is 5.75 Å². The summed E-state index contributed by atoms with van der Waals surface area (Å²) in [6.45, 7) is 4.62. The number of halogens is 1. The molecule has 1 aliphatic rings. The molecule has 146 valence electrons. The Morgan fingerprint density at radius 2 is 1.56 bits per heavy atom. The summed E-state index contributed by atoms with van der Waals surface area (Å²) >= 11 is 0. The summed E-state index contributed by atoms with van der Waals surface area (Å²) in [6, 6.07) is 13.1. The molecule has 6 nitrogen and oxygen atoms in total. The number of hydrogen-bond donors (Lipinski definition) is 2. The van der Waals surface area contributed by atoms with E-state index in [2.05, 4.69) is 34.5 Å². The number of nitrogens with zero attached hydrogens (tertiary/aromatic N) is 2. The number of phenolic OH excluding ortho intramolecular Hbond substituents is 1. The molecule has 0 radical (unpaired) electrons. The van der Waals surface area contributed by atoms with Gasteiger partial charge in [-0.25, -0.2) is 0 Å². The zero-order valence-corrected chi connectivity index (χ0v) is 16.1. The maximum atomic E-state index is 10.9. The van der Waals surface area contributed by atoms with E-state index in [4.69, 9.17) is 0 Å². The molecule has 0 unspecified atom stereocenters. The number of nitro benzene ring substituents is 1. The number of piperidine rings is 1. The van der Waals surface area contributed by atoms with E-state index >= 15 is 0 Å². The third-order valence-corrected chi connectivity index (χ3v) is 4.77. The first kappa shape index (κ1) is 21.2. The molecule has 1 aliphatic heterocycles. The first-order chi connectivity index (χ1) is 12.6. The van der Waals surface area contributed by atoms with Crippen LogP contribution in [0.2, 0.25) is 0 Å². The maximum Gasteiger partial charge on any atom is 0.311 e. The van der Waals surface area contributed by atoms with Crippen LogP contribution in [0.4, 0.5) is 5.69 Å². The standard InChI is InChI=1S/C20H25N3O3.ClH/c24-20-9-8-18(12-19(20)23(25)26)14-21-13-16-4-6-17(7-5-16)15-22-10-2-1-3-11-22;/h4-9,12,21,24H,1-3,10-11,13-15H2;1H. The van der Waals surface area contributed by atoms with E-state index in [9.17, 15) is 15.2 Å². The Hall–Kier alpha value is -2.15. The van der Waals surface area contributed by atoms with E-state index < -0.39 is 4.92 Å². The van der Waals surface area contributed by atoms with Crippen LogP contribution in [-0.2, 0) is 19.6 Å². The molecule has 7 heteroatoms.